The molecule has 4 heterocycles. The Bertz CT molecular complexity index is 1800. The molecule has 2 aromatic heterocycles. The number of carbonyl (C=O) groups is 2. The van der Waals surface area contributed by atoms with Crippen molar-refractivity contribution in [3.8, 4) is 11.3 Å². The van der Waals surface area contributed by atoms with E-state index in [4.69, 9.17) is 0 Å². The number of rotatable bonds is 6. The SMILES string of the molecule is CC1(C)CN(Cc2ccc(-c3ccn(C4CC4)n3)c(F)c2)CC[C@@]1(O)c1ccc2ncc([C@H]3CCC(=O)NC3=O)cc2c1F. The Balaban J connectivity index is 1.10. The van der Waals surface area contributed by atoms with Crippen molar-refractivity contribution in [2.75, 3.05) is 13.1 Å². The third kappa shape index (κ3) is 4.99. The van der Waals surface area contributed by atoms with Crippen LogP contribution in [0, 0.1) is 17.0 Å². The highest BCUT2D eigenvalue weighted by Gasteiger charge is 2.50. The maximum atomic E-state index is 16.2. The zero-order valence-corrected chi connectivity index (χ0v) is 24.8. The minimum atomic E-state index is -1.47. The van der Waals surface area contributed by atoms with E-state index >= 15 is 8.78 Å². The maximum Gasteiger partial charge on any atom is 0.234 e. The van der Waals surface area contributed by atoms with E-state index in [-0.39, 0.29) is 35.5 Å². The molecule has 2 saturated heterocycles. The first kappa shape index (κ1) is 28.7. The van der Waals surface area contributed by atoms with Crippen LogP contribution >= 0.6 is 0 Å². The number of aliphatic hydroxyl groups is 1. The molecular formula is C34H35F2N5O3. The summed E-state index contributed by atoms with van der Waals surface area (Å²) in [7, 11) is 0. The third-order valence-corrected chi connectivity index (χ3v) is 9.68. The van der Waals surface area contributed by atoms with Crippen molar-refractivity contribution in [3.05, 3.63) is 83.2 Å². The van der Waals surface area contributed by atoms with E-state index < -0.39 is 28.7 Å². The Kier molecular flexibility index (Phi) is 6.89. The molecule has 44 heavy (non-hydrogen) atoms. The summed E-state index contributed by atoms with van der Waals surface area (Å²) in [6, 6.07) is 12.4. The first-order chi connectivity index (χ1) is 21.0. The van der Waals surface area contributed by atoms with E-state index in [1.807, 2.05) is 36.9 Å². The van der Waals surface area contributed by atoms with E-state index in [9.17, 15) is 14.7 Å². The molecular weight excluding hydrogens is 564 g/mol. The van der Waals surface area contributed by atoms with Crippen LogP contribution in [0.1, 0.15) is 74.6 Å². The highest BCUT2D eigenvalue weighted by molar-refractivity contribution is 6.01. The van der Waals surface area contributed by atoms with Crippen molar-refractivity contribution in [2.24, 2.45) is 5.41 Å². The number of piperidine rings is 2. The number of carbonyl (C=O) groups excluding carboxylic acids is 2. The molecule has 2 amide bonds. The largest absolute Gasteiger partial charge is 0.384 e. The molecule has 2 aromatic carbocycles. The monoisotopic (exact) mass is 599 g/mol. The third-order valence-electron chi connectivity index (χ3n) is 9.68. The number of amides is 2. The van der Waals surface area contributed by atoms with Gasteiger partial charge in [-0.15, -0.1) is 0 Å². The van der Waals surface area contributed by atoms with Gasteiger partial charge in [0, 0.05) is 60.4 Å². The fourth-order valence-electron chi connectivity index (χ4n) is 6.91. The molecule has 3 fully saturated rings. The normalized spacial score (nSPS) is 24.1. The van der Waals surface area contributed by atoms with Crippen LogP contribution in [0.3, 0.4) is 0 Å². The van der Waals surface area contributed by atoms with Gasteiger partial charge in [-0.2, -0.15) is 5.10 Å². The molecule has 8 nitrogen and oxygen atoms in total. The number of benzene rings is 2. The maximum absolute atomic E-state index is 16.2. The van der Waals surface area contributed by atoms with Gasteiger partial charge in [0.15, 0.2) is 0 Å². The van der Waals surface area contributed by atoms with Crippen LogP contribution in [0.2, 0.25) is 0 Å². The summed E-state index contributed by atoms with van der Waals surface area (Å²) in [4.78, 5) is 30.6. The second-order valence-corrected chi connectivity index (χ2v) is 13.2. The van der Waals surface area contributed by atoms with E-state index in [2.05, 4.69) is 20.3 Å². The zero-order valence-electron chi connectivity index (χ0n) is 24.8. The van der Waals surface area contributed by atoms with Crippen molar-refractivity contribution in [2.45, 2.75) is 70.1 Å². The van der Waals surface area contributed by atoms with Crippen molar-refractivity contribution < 1.29 is 23.5 Å². The van der Waals surface area contributed by atoms with Crippen LogP contribution in [0.25, 0.3) is 22.2 Å². The van der Waals surface area contributed by atoms with E-state index in [0.717, 1.165) is 18.4 Å². The van der Waals surface area contributed by atoms with Gasteiger partial charge < -0.3 is 5.11 Å². The second kappa shape index (κ2) is 10.6. The number of aromatic nitrogens is 3. The molecule has 7 rings (SSSR count). The van der Waals surface area contributed by atoms with Crippen LogP contribution in [0.4, 0.5) is 8.78 Å². The molecule has 1 aliphatic carbocycles. The Morgan fingerprint density at radius 3 is 2.61 bits per heavy atom. The van der Waals surface area contributed by atoms with Crippen LogP contribution in [0.5, 0.6) is 0 Å². The van der Waals surface area contributed by atoms with Crippen molar-refractivity contribution >= 4 is 22.7 Å². The fourth-order valence-corrected chi connectivity index (χ4v) is 6.91. The summed E-state index contributed by atoms with van der Waals surface area (Å²) in [5.41, 5.74) is 0.853. The molecule has 4 aromatic rings. The molecule has 1 saturated carbocycles. The minimum absolute atomic E-state index is 0.193. The Morgan fingerprint density at radius 2 is 1.89 bits per heavy atom. The summed E-state index contributed by atoms with van der Waals surface area (Å²) in [6.07, 6.45) is 6.51. The Hall–Kier alpha value is -4.02. The lowest BCUT2D eigenvalue weighted by molar-refractivity contribution is -0.134. The van der Waals surface area contributed by atoms with E-state index in [0.29, 0.717) is 54.4 Å². The quantitative estimate of drug-likeness (QED) is 0.290. The second-order valence-electron chi connectivity index (χ2n) is 13.2. The molecule has 0 radical (unpaired) electrons. The van der Waals surface area contributed by atoms with Crippen molar-refractivity contribution in [3.63, 3.8) is 0 Å². The number of pyridine rings is 1. The molecule has 2 N–H and O–H groups in total. The summed E-state index contributed by atoms with van der Waals surface area (Å²) < 4.78 is 33.3. The topological polar surface area (TPSA) is 100 Å². The first-order valence-corrected chi connectivity index (χ1v) is 15.2. The number of fused-ring (bicyclic) bond motifs is 1. The number of imide groups is 1. The Morgan fingerprint density at radius 1 is 1.07 bits per heavy atom. The van der Waals surface area contributed by atoms with E-state index in [1.165, 1.54) is 0 Å². The Labute approximate surface area is 254 Å². The highest BCUT2D eigenvalue weighted by Crippen LogP contribution is 2.48. The fraction of sp³-hybridized carbons (Fsp3) is 0.412. The number of halogens is 2. The molecule has 0 unspecified atom stereocenters. The molecule has 10 heteroatoms. The predicted octanol–water partition coefficient (Wildman–Crippen LogP) is 5.35. The smallest absolute Gasteiger partial charge is 0.234 e. The average Bonchev–Trinajstić information content (AvgIpc) is 3.72. The lowest BCUT2D eigenvalue weighted by Gasteiger charge is -2.50. The van der Waals surface area contributed by atoms with Crippen LogP contribution in [-0.4, -0.2) is 49.7 Å². The molecule has 0 spiro atoms. The minimum Gasteiger partial charge on any atom is -0.384 e. The van der Waals surface area contributed by atoms with Gasteiger partial charge in [-0.05, 0) is 67.1 Å². The van der Waals surface area contributed by atoms with Crippen molar-refractivity contribution in [1.82, 2.24) is 25.0 Å². The standard InChI is InChI=1S/C34H35F2N5O3/c1-33(2)19-40(18-20-3-6-24(27(35)15-20)29-11-13-41(39-29)22-4-5-22)14-12-34(33,44)26-8-9-28-25(31(26)36)16-21(17-37-28)23-7-10-30(42)38-32(23)43/h3,6,8-9,11,13,15-17,22-23,44H,4-5,7,10,12,14,18-19H2,1-2H3,(H,38,42,43)/t23-,34-/m1/s1. The van der Waals surface area contributed by atoms with E-state index in [1.54, 1.807) is 36.5 Å². The van der Waals surface area contributed by atoms with Gasteiger partial charge in [-0.25, -0.2) is 8.78 Å². The lowest BCUT2D eigenvalue weighted by atomic mass is 9.66. The van der Waals surface area contributed by atoms with Gasteiger partial charge in [0.1, 0.15) is 11.6 Å². The van der Waals surface area contributed by atoms with Gasteiger partial charge in [-0.1, -0.05) is 26.0 Å². The number of hydrogen-bond donors (Lipinski definition) is 2. The summed E-state index contributed by atoms with van der Waals surface area (Å²) in [5.74, 6) is -2.20. The number of nitrogens with zero attached hydrogens (tertiary/aromatic N) is 4. The average molecular weight is 600 g/mol. The summed E-state index contributed by atoms with van der Waals surface area (Å²) >= 11 is 0. The summed E-state index contributed by atoms with van der Waals surface area (Å²) in [6.45, 7) is 5.28. The van der Waals surface area contributed by atoms with Gasteiger partial charge >= 0.3 is 0 Å². The van der Waals surface area contributed by atoms with Crippen LogP contribution in [0.15, 0.2) is 54.9 Å². The van der Waals surface area contributed by atoms with Gasteiger partial charge in [-0.3, -0.25) is 29.5 Å². The lowest BCUT2D eigenvalue weighted by Crippen LogP contribution is -2.55. The molecule has 228 valence electrons. The van der Waals surface area contributed by atoms with Gasteiger partial charge in [0.2, 0.25) is 11.8 Å². The molecule has 0 bridgehead atoms. The first-order valence-electron chi connectivity index (χ1n) is 15.2. The van der Waals surface area contributed by atoms with Crippen LogP contribution < -0.4 is 5.32 Å². The number of nitrogens with one attached hydrogen (secondary N) is 1. The predicted molar refractivity (Wildman–Crippen MR) is 160 cm³/mol. The van der Waals surface area contributed by atoms with Gasteiger partial charge in [0.25, 0.3) is 0 Å². The highest BCUT2D eigenvalue weighted by atomic mass is 19.1. The van der Waals surface area contributed by atoms with Crippen LogP contribution in [-0.2, 0) is 21.7 Å². The number of hydrogen-bond acceptors (Lipinski definition) is 6. The molecule has 2 aliphatic heterocycles. The number of likely N-dealkylation sites (tertiary alicyclic amines) is 1. The summed E-state index contributed by atoms with van der Waals surface area (Å²) in [5, 5.41) is 19.2. The molecule has 3 aliphatic rings. The van der Waals surface area contributed by atoms with Gasteiger partial charge in [0.05, 0.1) is 28.8 Å². The van der Waals surface area contributed by atoms with Crippen molar-refractivity contribution in [1.29, 1.82) is 0 Å². The zero-order chi connectivity index (χ0) is 30.8. The molecule has 2 atom stereocenters.